The van der Waals surface area contributed by atoms with Crippen molar-refractivity contribution in [2.45, 2.75) is 12.7 Å². The lowest BCUT2D eigenvalue weighted by Crippen LogP contribution is -2.42. The van der Waals surface area contributed by atoms with Crippen molar-refractivity contribution in [2.24, 2.45) is 0 Å². The van der Waals surface area contributed by atoms with E-state index in [1.807, 2.05) is 24.3 Å². The molecule has 2 rings (SSSR count). The standard InChI is InChI=1S/C13H19NO3/c1-14-6-7-16-13(8-14)10-17-12-4-2-11(9-15)3-5-12/h2-5,13,15H,6-10H2,1H3. The predicted molar refractivity (Wildman–Crippen MR) is 65.1 cm³/mol. The Balaban J connectivity index is 1.80. The Morgan fingerprint density at radius 1 is 1.41 bits per heavy atom. The van der Waals surface area contributed by atoms with Gasteiger partial charge in [0.15, 0.2) is 0 Å². The van der Waals surface area contributed by atoms with Crippen LogP contribution in [-0.2, 0) is 11.3 Å². The van der Waals surface area contributed by atoms with Crippen molar-refractivity contribution in [2.75, 3.05) is 33.4 Å². The number of morpholine rings is 1. The van der Waals surface area contributed by atoms with Gasteiger partial charge in [-0.15, -0.1) is 0 Å². The molecule has 1 aromatic carbocycles. The van der Waals surface area contributed by atoms with Crippen LogP contribution < -0.4 is 4.74 Å². The number of benzene rings is 1. The van der Waals surface area contributed by atoms with E-state index >= 15 is 0 Å². The molecule has 1 heterocycles. The fraction of sp³-hybridized carbons (Fsp3) is 0.538. The van der Waals surface area contributed by atoms with Crippen LogP contribution in [0.5, 0.6) is 5.75 Å². The van der Waals surface area contributed by atoms with E-state index in [1.54, 1.807) is 0 Å². The highest BCUT2D eigenvalue weighted by Crippen LogP contribution is 2.13. The second kappa shape index (κ2) is 6.00. The molecule has 0 bridgehead atoms. The molecule has 4 heteroatoms. The first-order valence-electron chi connectivity index (χ1n) is 5.90. The van der Waals surface area contributed by atoms with Gasteiger partial charge in [-0.25, -0.2) is 0 Å². The molecule has 17 heavy (non-hydrogen) atoms. The fourth-order valence-electron chi connectivity index (χ4n) is 1.85. The lowest BCUT2D eigenvalue weighted by molar-refractivity contribution is -0.0403. The minimum Gasteiger partial charge on any atom is -0.491 e. The number of rotatable bonds is 4. The molecule has 94 valence electrons. The summed E-state index contributed by atoms with van der Waals surface area (Å²) in [5.74, 6) is 0.819. The Bertz CT molecular complexity index is 339. The second-order valence-corrected chi connectivity index (χ2v) is 4.37. The number of aliphatic hydroxyl groups excluding tert-OH is 1. The van der Waals surface area contributed by atoms with Gasteiger partial charge < -0.3 is 19.5 Å². The first kappa shape index (κ1) is 12.4. The van der Waals surface area contributed by atoms with Gasteiger partial charge in [0.25, 0.3) is 0 Å². The maximum Gasteiger partial charge on any atom is 0.119 e. The number of ether oxygens (including phenoxy) is 2. The van der Waals surface area contributed by atoms with Gasteiger partial charge >= 0.3 is 0 Å². The van der Waals surface area contributed by atoms with Gasteiger partial charge in [0.1, 0.15) is 18.5 Å². The zero-order valence-electron chi connectivity index (χ0n) is 10.1. The number of nitrogens with zero attached hydrogens (tertiary/aromatic N) is 1. The average Bonchev–Trinajstić information content (AvgIpc) is 2.37. The van der Waals surface area contributed by atoms with Crippen molar-refractivity contribution in [3.05, 3.63) is 29.8 Å². The van der Waals surface area contributed by atoms with E-state index in [-0.39, 0.29) is 12.7 Å². The van der Waals surface area contributed by atoms with Gasteiger partial charge in [-0.1, -0.05) is 12.1 Å². The summed E-state index contributed by atoms with van der Waals surface area (Å²) in [4.78, 5) is 2.24. The molecule has 1 aromatic rings. The third-order valence-electron chi connectivity index (χ3n) is 2.88. The molecule has 1 fully saturated rings. The molecular weight excluding hydrogens is 218 g/mol. The van der Waals surface area contributed by atoms with Crippen LogP contribution in [0.4, 0.5) is 0 Å². The smallest absolute Gasteiger partial charge is 0.119 e. The van der Waals surface area contributed by atoms with E-state index in [9.17, 15) is 0 Å². The van der Waals surface area contributed by atoms with Gasteiger partial charge in [0.2, 0.25) is 0 Å². The van der Waals surface area contributed by atoms with Crippen LogP contribution in [0.2, 0.25) is 0 Å². The summed E-state index contributed by atoms with van der Waals surface area (Å²) in [5, 5.41) is 8.93. The van der Waals surface area contributed by atoms with Crippen molar-refractivity contribution in [1.29, 1.82) is 0 Å². The second-order valence-electron chi connectivity index (χ2n) is 4.37. The Kier molecular flexibility index (Phi) is 4.36. The zero-order chi connectivity index (χ0) is 12.1. The molecule has 0 spiro atoms. The molecule has 1 N–H and O–H groups in total. The highest BCUT2D eigenvalue weighted by molar-refractivity contribution is 5.26. The fourth-order valence-corrected chi connectivity index (χ4v) is 1.85. The van der Waals surface area contributed by atoms with Gasteiger partial charge in [0, 0.05) is 13.1 Å². The van der Waals surface area contributed by atoms with Crippen molar-refractivity contribution in [3.63, 3.8) is 0 Å². The molecule has 1 saturated heterocycles. The normalized spacial score (nSPS) is 21.4. The zero-order valence-corrected chi connectivity index (χ0v) is 10.1. The predicted octanol–water partition coefficient (Wildman–Crippen LogP) is 0.888. The monoisotopic (exact) mass is 237 g/mol. The lowest BCUT2D eigenvalue weighted by Gasteiger charge is -2.29. The third-order valence-corrected chi connectivity index (χ3v) is 2.88. The molecule has 1 atom stereocenters. The van der Waals surface area contributed by atoms with E-state index in [2.05, 4.69) is 11.9 Å². The molecular formula is C13H19NO3. The number of hydrogen-bond donors (Lipinski definition) is 1. The Morgan fingerprint density at radius 2 is 2.18 bits per heavy atom. The first-order chi connectivity index (χ1) is 8.28. The third kappa shape index (κ3) is 3.70. The Hall–Kier alpha value is -1.10. The summed E-state index contributed by atoms with van der Waals surface area (Å²) in [6.45, 7) is 3.31. The van der Waals surface area contributed by atoms with Gasteiger partial charge in [-0.2, -0.15) is 0 Å². The average molecular weight is 237 g/mol. The largest absolute Gasteiger partial charge is 0.491 e. The first-order valence-corrected chi connectivity index (χ1v) is 5.90. The molecule has 0 aliphatic carbocycles. The number of aliphatic hydroxyl groups is 1. The van der Waals surface area contributed by atoms with E-state index in [0.717, 1.165) is 31.0 Å². The van der Waals surface area contributed by atoms with Crippen LogP contribution in [0.25, 0.3) is 0 Å². The quantitative estimate of drug-likeness (QED) is 0.844. The molecule has 0 saturated carbocycles. The summed E-state index contributed by atoms with van der Waals surface area (Å²) < 4.78 is 11.3. The summed E-state index contributed by atoms with van der Waals surface area (Å²) in [5.41, 5.74) is 0.894. The van der Waals surface area contributed by atoms with Crippen molar-refractivity contribution in [3.8, 4) is 5.75 Å². The maximum absolute atomic E-state index is 8.93. The molecule has 4 nitrogen and oxygen atoms in total. The molecule has 1 unspecified atom stereocenters. The van der Waals surface area contributed by atoms with Crippen LogP contribution in [0.15, 0.2) is 24.3 Å². The summed E-state index contributed by atoms with van der Waals surface area (Å²) >= 11 is 0. The SMILES string of the molecule is CN1CCOC(COc2ccc(CO)cc2)C1. The lowest BCUT2D eigenvalue weighted by atomic mass is 10.2. The topological polar surface area (TPSA) is 41.9 Å². The molecule has 1 aliphatic rings. The maximum atomic E-state index is 8.93. The van der Waals surface area contributed by atoms with Gasteiger partial charge in [0.05, 0.1) is 13.2 Å². The van der Waals surface area contributed by atoms with Crippen molar-refractivity contribution >= 4 is 0 Å². The van der Waals surface area contributed by atoms with E-state index in [1.165, 1.54) is 0 Å². The number of likely N-dealkylation sites (N-methyl/N-ethyl adjacent to an activating group) is 1. The molecule has 0 aromatic heterocycles. The van der Waals surface area contributed by atoms with Crippen LogP contribution in [0.1, 0.15) is 5.56 Å². The molecule has 1 aliphatic heterocycles. The highest BCUT2D eigenvalue weighted by Gasteiger charge is 2.17. The van der Waals surface area contributed by atoms with Gasteiger partial charge in [-0.3, -0.25) is 0 Å². The summed E-state index contributed by atoms with van der Waals surface area (Å²) in [6.07, 6.45) is 0.145. The Morgan fingerprint density at radius 3 is 2.82 bits per heavy atom. The minimum atomic E-state index is 0.0663. The van der Waals surface area contributed by atoms with Gasteiger partial charge in [-0.05, 0) is 24.7 Å². The van der Waals surface area contributed by atoms with Crippen molar-refractivity contribution in [1.82, 2.24) is 4.90 Å². The van der Waals surface area contributed by atoms with Crippen LogP contribution in [0.3, 0.4) is 0 Å². The Labute approximate surface area is 102 Å². The molecule has 0 amide bonds. The van der Waals surface area contributed by atoms with E-state index < -0.39 is 0 Å². The van der Waals surface area contributed by atoms with Crippen LogP contribution >= 0.6 is 0 Å². The summed E-state index contributed by atoms with van der Waals surface area (Å²) in [6, 6.07) is 7.47. The van der Waals surface area contributed by atoms with E-state index in [0.29, 0.717) is 6.61 Å². The molecule has 0 radical (unpaired) electrons. The van der Waals surface area contributed by atoms with Crippen LogP contribution in [0, 0.1) is 0 Å². The number of hydrogen-bond acceptors (Lipinski definition) is 4. The highest BCUT2D eigenvalue weighted by atomic mass is 16.5. The van der Waals surface area contributed by atoms with Crippen LogP contribution in [-0.4, -0.2) is 49.5 Å². The minimum absolute atomic E-state index is 0.0663. The summed E-state index contributed by atoms with van der Waals surface area (Å²) in [7, 11) is 2.09. The van der Waals surface area contributed by atoms with E-state index in [4.69, 9.17) is 14.6 Å². The van der Waals surface area contributed by atoms with Crippen molar-refractivity contribution < 1.29 is 14.6 Å².